The molecule has 5 rings (SSSR count). The molecule has 3 heterocycles. The third kappa shape index (κ3) is 6.42. The van der Waals surface area contributed by atoms with E-state index in [0.717, 1.165) is 18.4 Å². The molecule has 9 nitrogen and oxygen atoms in total. The van der Waals surface area contributed by atoms with Crippen LogP contribution in [0.2, 0.25) is 0 Å². The first-order valence-corrected chi connectivity index (χ1v) is 17.4. The number of aliphatic hydroxyl groups is 1. The van der Waals surface area contributed by atoms with Gasteiger partial charge in [0.1, 0.15) is 17.4 Å². The van der Waals surface area contributed by atoms with E-state index in [4.69, 9.17) is 9.47 Å². The number of unbranched alkanes of at least 4 members (excludes halogenated alkanes) is 3. The van der Waals surface area contributed by atoms with Gasteiger partial charge in [0.25, 0.3) is 0 Å². The van der Waals surface area contributed by atoms with Crippen molar-refractivity contribution in [1.82, 2.24) is 9.80 Å². The highest BCUT2D eigenvalue weighted by Crippen LogP contribution is 2.65. The van der Waals surface area contributed by atoms with E-state index >= 15 is 0 Å². The van der Waals surface area contributed by atoms with Gasteiger partial charge in [0.05, 0.1) is 24.0 Å². The van der Waals surface area contributed by atoms with Gasteiger partial charge in [-0.2, -0.15) is 0 Å². The van der Waals surface area contributed by atoms with Crippen molar-refractivity contribution in [2.45, 2.75) is 76.7 Å². The molecule has 9 heteroatoms. The number of ether oxygens (including phenoxy) is 2. The molecule has 0 radical (unpaired) electrons. The minimum absolute atomic E-state index is 0.0804. The number of amides is 3. The number of aliphatic hydroxyl groups excluding tert-OH is 1. The maximum absolute atomic E-state index is 14.8. The topological polar surface area (TPSA) is 99.6 Å². The molecule has 3 saturated heterocycles. The molecule has 3 amide bonds. The molecular weight excluding hydrogens is 606 g/mol. The molecule has 6 atom stereocenters. The molecule has 258 valence electrons. The smallest absolute Gasteiger partial charge is 0.248 e. The van der Waals surface area contributed by atoms with E-state index in [2.05, 4.69) is 20.1 Å². The Hall–Kier alpha value is -3.95. The van der Waals surface area contributed by atoms with Gasteiger partial charge >= 0.3 is 0 Å². The quantitative estimate of drug-likeness (QED) is 0.181. The molecule has 1 spiro atoms. The molecule has 3 unspecified atom stereocenters. The Morgan fingerprint density at radius 3 is 2.35 bits per heavy atom. The average Bonchev–Trinajstić information content (AvgIpc) is 3.60. The van der Waals surface area contributed by atoms with Crippen LogP contribution in [0, 0.1) is 17.8 Å². The fraction of sp³-hybridized carbons (Fsp3) is 0.513. The first-order chi connectivity index (χ1) is 23.2. The maximum atomic E-state index is 14.8. The predicted octanol–water partition coefficient (Wildman–Crippen LogP) is 5.38. The van der Waals surface area contributed by atoms with Crippen molar-refractivity contribution in [3.05, 3.63) is 85.5 Å². The molecule has 3 aliphatic rings. The van der Waals surface area contributed by atoms with Crippen LogP contribution in [0.15, 0.2) is 79.9 Å². The highest BCUT2D eigenvalue weighted by molar-refractivity contribution is 6.03. The SMILES string of the molecule is C=CCN(Cc1ccccc1)C(=O)C1N(CCCCCCO)C(=O)[C@@H]2[C@@H](C(=O)N(CC=C)c3ccc(OCC)cc3)[C@]3(C)OC12CC3C. The normalized spacial score (nSPS) is 27.1. The zero-order valence-corrected chi connectivity index (χ0v) is 28.7. The Morgan fingerprint density at radius 1 is 1.02 bits per heavy atom. The van der Waals surface area contributed by atoms with Crippen LogP contribution in [0.1, 0.15) is 58.4 Å². The summed E-state index contributed by atoms with van der Waals surface area (Å²) in [6, 6.07) is 16.3. The van der Waals surface area contributed by atoms with Crippen LogP contribution in [0.3, 0.4) is 0 Å². The molecule has 2 aromatic rings. The molecule has 3 fully saturated rings. The maximum Gasteiger partial charge on any atom is 0.248 e. The van der Waals surface area contributed by atoms with Crippen LogP contribution in [-0.4, -0.2) is 82.7 Å². The number of anilines is 1. The number of likely N-dealkylation sites (tertiary alicyclic amines) is 1. The Balaban J connectivity index is 1.54. The number of benzene rings is 2. The summed E-state index contributed by atoms with van der Waals surface area (Å²) in [5.74, 6) is -1.58. The molecule has 0 aliphatic carbocycles. The van der Waals surface area contributed by atoms with E-state index in [0.29, 0.717) is 56.9 Å². The summed E-state index contributed by atoms with van der Waals surface area (Å²) in [6.07, 6.45) is 6.89. The Bertz CT molecular complexity index is 1460. The van der Waals surface area contributed by atoms with Crippen LogP contribution >= 0.6 is 0 Å². The molecule has 3 aliphatic heterocycles. The standard InChI is InChI=1S/C39H51N3O6/c1-6-22-40(27-29-16-12-11-13-17-29)37(46)34-39-26-28(4)38(5,48-39)32(33(39)36(45)42(34)24-14-9-10-15-25-43)35(44)41(23-7-2)30-18-20-31(21-19-30)47-8-3/h6-7,11-13,16-21,28,32-34,43H,1-2,8-10,14-15,22-27H2,3-5H3/t28?,32-,33-,34?,38+,39?/m0/s1. The first-order valence-electron chi connectivity index (χ1n) is 17.4. The van der Waals surface area contributed by atoms with Gasteiger partial charge in [-0.15, -0.1) is 13.2 Å². The van der Waals surface area contributed by atoms with Crippen molar-refractivity contribution in [3.63, 3.8) is 0 Å². The van der Waals surface area contributed by atoms with Gasteiger partial charge in [-0.3, -0.25) is 14.4 Å². The zero-order valence-electron chi connectivity index (χ0n) is 28.7. The van der Waals surface area contributed by atoms with Crippen molar-refractivity contribution >= 4 is 23.4 Å². The van der Waals surface area contributed by atoms with Gasteiger partial charge in [0.15, 0.2) is 0 Å². The number of carbonyl (C=O) groups is 3. The fourth-order valence-corrected chi connectivity index (χ4v) is 8.26. The lowest BCUT2D eigenvalue weighted by molar-refractivity contribution is -0.152. The van der Waals surface area contributed by atoms with Gasteiger partial charge in [-0.05, 0) is 68.9 Å². The third-order valence-corrected chi connectivity index (χ3v) is 10.5. The Labute approximate surface area is 285 Å². The van der Waals surface area contributed by atoms with E-state index < -0.39 is 29.1 Å². The van der Waals surface area contributed by atoms with E-state index in [9.17, 15) is 19.5 Å². The molecule has 2 bridgehead atoms. The third-order valence-electron chi connectivity index (χ3n) is 10.5. The minimum atomic E-state index is -1.15. The van der Waals surface area contributed by atoms with Crippen molar-refractivity contribution in [2.75, 3.05) is 37.7 Å². The summed E-state index contributed by atoms with van der Waals surface area (Å²) >= 11 is 0. The summed E-state index contributed by atoms with van der Waals surface area (Å²) in [4.78, 5) is 49.5. The summed E-state index contributed by atoms with van der Waals surface area (Å²) in [6.45, 7) is 15.7. The highest BCUT2D eigenvalue weighted by Gasteiger charge is 2.80. The van der Waals surface area contributed by atoms with Crippen molar-refractivity contribution < 1.29 is 29.0 Å². The van der Waals surface area contributed by atoms with Crippen LogP contribution in [0.5, 0.6) is 5.75 Å². The Morgan fingerprint density at radius 2 is 1.71 bits per heavy atom. The van der Waals surface area contributed by atoms with Crippen LogP contribution in [0.4, 0.5) is 5.69 Å². The van der Waals surface area contributed by atoms with Crippen molar-refractivity contribution in [2.24, 2.45) is 17.8 Å². The van der Waals surface area contributed by atoms with Gasteiger partial charge in [0.2, 0.25) is 17.7 Å². The molecule has 0 saturated carbocycles. The van der Waals surface area contributed by atoms with Crippen LogP contribution < -0.4 is 9.64 Å². The fourth-order valence-electron chi connectivity index (χ4n) is 8.26. The zero-order chi connectivity index (χ0) is 34.5. The summed E-state index contributed by atoms with van der Waals surface area (Å²) in [5.41, 5.74) is -0.448. The predicted molar refractivity (Wildman–Crippen MR) is 186 cm³/mol. The number of hydrogen-bond acceptors (Lipinski definition) is 6. The lowest BCUT2D eigenvalue weighted by Gasteiger charge is -2.39. The molecule has 0 aromatic heterocycles. The lowest BCUT2D eigenvalue weighted by Crippen LogP contribution is -2.57. The second kappa shape index (κ2) is 15.1. The van der Waals surface area contributed by atoms with Gasteiger partial charge in [-0.1, -0.05) is 62.2 Å². The van der Waals surface area contributed by atoms with E-state index in [-0.39, 0.29) is 36.8 Å². The summed E-state index contributed by atoms with van der Waals surface area (Å²) in [5, 5.41) is 9.29. The summed E-state index contributed by atoms with van der Waals surface area (Å²) < 4.78 is 12.7. The Kier molecular flexibility index (Phi) is 11.1. The van der Waals surface area contributed by atoms with E-state index in [1.54, 1.807) is 26.9 Å². The highest BCUT2D eigenvalue weighted by atomic mass is 16.5. The number of rotatable bonds is 17. The molecule has 1 N–H and O–H groups in total. The molecular formula is C39H51N3O6. The number of hydrogen-bond donors (Lipinski definition) is 1. The second-order valence-electron chi connectivity index (χ2n) is 13.5. The van der Waals surface area contributed by atoms with Crippen LogP contribution in [0.25, 0.3) is 0 Å². The van der Waals surface area contributed by atoms with Gasteiger partial charge in [0, 0.05) is 38.5 Å². The number of nitrogens with zero attached hydrogens (tertiary/aromatic N) is 3. The van der Waals surface area contributed by atoms with E-state index in [1.807, 2.05) is 68.4 Å². The number of carbonyl (C=O) groups excluding carboxylic acids is 3. The van der Waals surface area contributed by atoms with Crippen LogP contribution in [-0.2, 0) is 25.7 Å². The monoisotopic (exact) mass is 657 g/mol. The second-order valence-corrected chi connectivity index (χ2v) is 13.5. The van der Waals surface area contributed by atoms with Crippen molar-refractivity contribution in [1.29, 1.82) is 0 Å². The molecule has 2 aromatic carbocycles. The van der Waals surface area contributed by atoms with E-state index in [1.165, 1.54) is 0 Å². The van der Waals surface area contributed by atoms with Gasteiger partial charge in [-0.25, -0.2) is 0 Å². The largest absolute Gasteiger partial charge is 0.494 e. The average molecular weight is 658 g/mol. The number of fused-ring (bicyclic) bond motifs is 1. The van der Waals surface area contributed by atoms with Crippen molar-refractivity contribution in [3.8, 4) is 5.75 Å². The minimum Gasteiger partial charge on any atom is -0.494 e. The first kappa shape index (κ1) is 35.4. The van der Waals surface area contributed by atoms with Gasteiger partial charge < -0.3 is 29.3 Å². The molecule has 48 heavy (non-hydrogen) atoms. The summed E-state index contributed by atoms with van der Waals surface area (Å²) in [7, 11) is 0. The lowest BCUT2D eigenvalue weighted by atomic mass is 9.62.